The van der Waals surface area contributed by atoms with Gasteiger partial charge in [0.15, 0.2) is 0 Å². The average Bonchev–Trinajstić information content (AvgIpc) is 2.65. The molecule has 0 bridgehead atoms. The number of aliphatic hydroxyl groups excluding tert-OH is 1. The highest BCUT2D eigenvalue weighted by molar-refractivity contribution is 4.84. The normalized spacial score (nSPS) is 37.3. The summed E-state index contributed by atoms with van der Waals surface area (Å²) in [7, 11) is 0. The summed E-state index contributed by atoms with van der Waals surface area (Å²) < 4.78 is 0. The molecule has 1 N–H and O–H groups in total. The van der Waals surface area contributed by atoms with Gasteiger partial charge in [0.1, 0.15) is 0 Å². The topological polar surface area (TPSA) is 20.2 Å². The van der Waals surface area contributed by atoms with Crippen LogP contribution in [0, 0.1) is 17.8 Å². The lowest BCUT2D eigenvalue weighted by Crippen LogP contribution is -2.29. The van der Waals surface area contributed by atoms with Crippen molar-refractivity contribution in [2.45, 2.75) is 64.4 Å². The van der Waals surface area contributed by atoms with Gasteiger partial charge in [-0.25, -0.2) is 0 Å². The van der Waals surface area contributed by atoms with Crippen molar-refractivity contribution in [1.82, 2.24) is 0 Å². The lowest BCUT2D eigenvalue weighted by molar-refractivity contribution is 0.0343. The predicted molar refractivity (Wildman–Crippen MR) is 59.1 cm³/mol. The summed E-state index contributed by atoms with van der Waals surface area (Å²) >= 11 is 0. The van der Waals surface area contributed by atoms with Crippen LogP contribution in [-0.4, -0.2) is 11.2 Å². The Kier molecular flexibility index (Phi) is 3.48. The number of rotatable bonds is 2. The van der Waals surface area contributed by atoms with E-state index in [0.29, 0.717) is 11.8 Å². The van der Waals surface area contributed by atoms with E-state index in [1.165, 1.54) is 51.4 Å². The first-order valence-corrected chi connectivity index (χ1v) is 6.45. The summed E-state index contributed by atoms with van der Waals surface area (Å²) in [6.07, 6.45) is 10.6. The fraction of sp³-hybridized carbons (Fsp3) is 1.00. The van der Waals surface area contributed by atoms with Gasteiger partial charge in [-0.05, 0) is 43.4 Å². The molecule has 0 radical (unpaired) electrons. The van der Waals surface area contributed by atoms with Gasteiger partial charge in [-0.1, -0.05) is 32.6 Å². The van der Waals surface area contributed by atoms with Crippen molar-refractivity contribution < 1.29 is 5.11 Å². The second kappa shape index (κ2) is 4.65. The lowest BCUT2D eigenvalue weighted by Gasteiger charge is -2.30. The maximum absolute atomic E-state index is 10.3. The predicted octanol–water partition coefficient (Wildman–Crippen LogP) is 3.36. The second-order valence-corrected chi connectivity index (χ2v) is 5.57. The van der Waals surface area contributed by atoms with Gasteiger partial charge in [-0.3, -0.25) is 0 Å². The van der Waals surface area contributed by atoms with Crippen LogP contribution in [0.5, 0.6) is 0 Å². The first kappa shape index (κ1) is 10.5. The Hall–Kier alpha value is -0.0400. The Morgan fingerprint density at radius 2 is 1.64 bits per heavy atom. The molecule has 14 heavy (non-hydrogen) atoms. The van der Waals surface area contributed by atoms with Crippen molar-refractivity contribution in [3.63, 3.8) is 0 Å². The minimum Gasteiger partial charge on any atom is -0.393 e. The third-order valence-corrected chi connectivity index (χ3v) is 4.35. The first-order chi connectivity index (χ1) is 6.77. The first-order valence-electron chi connectivity index (χ1n) is 6.45. The van der Waals surface area contributed by atoms with Crippen molar-refractivity contribution in [1.29, 1.82) is 0 Å². The van der Waals surface area contributed by atoms with Crippen LogP contribution < -0.4 is 0 Å². The number of hydrogen-bond donors (Lipinski definition) is 1. The summed E-state index contributed by atoms with van der Waals surface area (Å²) in [5, 5.41) is 10.3. The fourth-order valence-corrected chi connectivity index (χ4v) is 3.42. The van der Waals surface area contributed by atoms with Crippen molar-refractivity contribution >= 4 is 0 Å². The lowest BCUT2D eigenvalue weighted by atomic mass is 9.80. The number of aliphatic hydroxyl groups is 1. The van der Waals surface area contributed by atoms with Gasteiger partial charge in [0.05, 0.1) is 6.10 Å². The Bertz CT molecular complexity index is 167. The quantitative estimate of drug-likeness (QED) is 0.718. The van der Waals surface area contributed by atoms with Crippen LogP contribution in [0.2, 0.25) is 0 Å². The zero-order chi connectivity index (χ0) is 9.97. The molecule has 82 valence electrons. The molecule has 3 atom stereocenters. The largest absolute Gasteiger partial charge is 0.393 e. The van der Waals surface area contributed by atoms with Gasteiger partial charge in [-0.2, -0.15) is 0 Å². The molecular formula is C13H24O. The van der Waals surface area contributed by atoms with Crippen molar-refractivity contribution in [2.75, 3.05) is 0 Å². The van der Waals surface area contributed by atoms with Crippen LogP contribution in [0.3, 0.4) is 0 Å². The molecule has 2 rings (SSSR count). The van der Waals surface area contributed by atoms with Crippen molar-refractivity contribution in [3.8, 4) is 0 Å². The van der Waals surface area contributed by atoms with Crippen molar-refractivity contribution in [3.05, 3.63) is 0 Å². The number of hydrogen-bond acceptors (Lipinski definition) is 1. The van der Waals surface area contributed by atoms with E-state index in [9.17, 15) is 5.11 Å². The molecule has 0 heterocycles. The molecule has 1 heteroatoms. The average molecular weight is 196 g/mol. The molecule has 0 aliphatic heterocycles. The highest BCUT2D eigenvalue weighted by Crippen LogP contribution is 2.38. The molecule has 1 nitrogen and oxygen atoms in total. The van der Waals surface area contributed by atoms with Gasteiger partial charge in [0.25, 0.3) is 0 Å². The van der Waals surface area contributed by atoms with Crippen LogP contribution in [-0.2, 0) is 0 Å². The van der Waals surface area contributed by atoms with Crippen LogP contribution in [0.4, 0.5) is 0 Å². The maximum atomic E-state index is 10.3. The molecule has 0 aromatic rings. The highest BCUT2D eigenvalue weighted by atomic mass is 16.3. The zero-order valence-corrected chi connectivity index (χ0v) is 9.41. The van der Waals surface area contributed by atoms with E-state index in [1.807, 2.05) is 0 Å². The molecule has 3 unspecified atom stereocenters. The smallest absolute Gasteiger partial charge is 0.0596 e. The third-order valence-electron chi connectivity index (χ3n) is 4.35. The van der Waals surface area contributed by atoms with E-state index in [2.05, 4.69) is 6.92 Å². The van der Waals surface area contributed by atoms with Crippen LogP contribution in [0.25, 0.3) is 0 Å². The van der Waals surface area contributed by atoms with Gasteiger partial charge in [0.2, 0.25) is 0 Å². The van der Waals surface area contributed by atoms with E-state index in [-0.39, 0.29) is 6.10 Å². The SMILES string of the molecule is CC1CCC(C(O)C2CCCCC2)C1. The molecule has 2 aliphatic carbocycles. The monoisotopic (exact) mass is 196 g/mol. The van der Waals surface area contributed by atoms with Crippen LogP contribution in [0.1, 0.15) is 58.3 Å². The molecule has 0 spiro atoms. The summed E-state index contributed by atoms with van der Waals surface area (Å²) in [5.74, 6) is 2.13. The van der Waals surface area contributed by atoms with Crippen molar-refractivity contribution in [2.24, 2.45) is 17.8 Å². The molecule has 0 aromatic heterocycles. The molecule has 2 fully saturated rings. The minimum atomic E-state index is 0.0280. The zero-order valence-electron chi connectivity index (χ0n) is 9.41. The third kappa shape index (κ3) is 2.31. The molecule has 0 saturated heterocycles. The Labute approximate surface area is 87.9 Å². The van der Waals surface area contributed by atoms with Gasteiger partial charge in [-0.15, -0.1) is 0 Å². The van der Waals surface area contributed by atoms with E-state index in [4.69, 9.17) is 0 Å². The van der Waals surface area contributed by atoms with Gasteiger partial charge >= 0.3 is 0 Å². The Morgan fingerprint density at radius 3 is 2.21 bits per heavy atom. The van der Waals surface area contributed by atoms with Gasteiger partial charge in [0, 0.05) is 0 Å². The maximum Gasteiger partial charge on any atom is 0.0596 e. The molecule has 0 amide bonds. The fourth-order valence-electron chi connectivity index (χ4n) is 3.42. The van der Waals surface area contributed by atoms with Crippen LogP contribution in [0.15, 0.2) is 0 Å². The summed E-state index contributed by atoms with van der Waals surface area (Å²) in [5.41, 5.74) is 0. The summed E-state index contributed by atoms with van der Waals surface area (Å²) in [6, 6.07) is 0. The second-order valence-electron chi connectivity index (χ2n) is 5.57. The standard InChI is InChI=1S/C13H24O/c1-10-7-8-12(9-10)13(14)11-5-3-2-4-6-11/h10-14H,2-9H2,1H3. The Balaban J connectivity index is 1.84. The van der Waals surface area contributed by atoms with Crippen LogP contribution >= 0.6 is 0 Å². The van der Waals surface area contributed by atoms with E-state index in [1.54, 1.807) is 0 Å². The summed E-state index contributed by atoms with van der Waals surface area (Å²) in [6.45, 7) is 2.33. The van der Waals surface area contributed by atoms with Gasteiger partial charge < -0.3 is 5.11 Å². The molecule has 0 aromatic carbocycles. The minimum absolute atomic E-state index is 0.0280. The molecule has 2 saturated carbocycles. The van der Waals surface area contributed by atoms with E-state index < -0.39 is 0 Å². The molecule has 2 aliphatic rings. The Morgan fingerprint density at radius 1 is 0.929 bits per heavy atom. The van der Waals surface area contributed by atoms with E-state index in [0.717, 1.165) is 5.92 Å². The highest BCUT2D eigenvalue weighted by Gasteiger charge is 2.32. The van der Waals surface area contributed by atoms with E-state index >= 15 is 0 Å². The summed E-state index contributed by atoms with van der Waals surface area (Å²) in [4.78, 5) is 0. The molecular weight excluding hydrogens is 172 g/mol.